The Kier molecular flexibility index (Phi) is 5.25. The maximum Gasteiger partial charge on any atom is 0.256 e. The average Bonchev–Trinajstić information content (AvgIpc) is 2.74. The van der Waals surface area contributed by atoms with Crippen LogP contribution < -0.4 is 9.80 Å². The van der Waals surface area contributed by atoms with Gasteiger partial charge in [0.05, 0.1) is 24.5 Å². The molecule has 27 heavy (non-hydrogen) atoms. The van der Waals surface area contributed by atoms with Crippen molar-refractivity contribution in [2.24, 2.45) is 0 Å². The van der Waals surface area contributed by atoms with Crippen LogP contribution in [0.2, 0.25) is 0 Å². The first-order chi connectivity index (χ1) is 13.2. The number of carbonyl (C=O) groups excluding carboxylic acids is 1. The molecule has 2 aliphatic rings. The number of amides is 1. The molecule has 0 radical (unpaired) electrons. The summed E-state index contributed by atoms with van der Waals surface area (Å²) in [4.78, 5) is 19.2. The first-order valence-electron chi connectivity index (χ1n) is 9.44. The summed E-state index contributed by atoms with van der Waals surface area (Å²) in [5, 5.41) is 0. The number of halogens is 1. The summed E-state index contributed by atoms with van der Waals surface area (Å²) in [6, 6.07) is 14.6. The van der Waals surface area contributed by atoms with E-state index in [4.69, 9.17) is 4.74 Å². The Hall–Kier alpha value is -2.60. The fourth-order valence-corrected chi connectivity index (χ4v) is 3.76. The molecular weight excluding hydrogens is 345 g/mol. The van der Waals surface area contributed by atoms with Gasteiger partial charge in [-0.15, -0.1) is 0 Å². The molecule has 1 amide bonds. The topological polar surface area (TPSA) is 36.0 Å². The van der Waals surface area contributed by atoms with Crippen LogP contribution in [0.5, 0.6) is 0 Å². The van der Waals surface area contributed by atoms with Gasteiger partial charge in [0.1, 0.15) is 5.82 Å². The third kappa shape index (κ3) is 3.76. The number of rotatable bonds is 3. The van der Waals surface area contributed by atoms with Crippen LogP contribution in [0.25, 0.3) is 0 Å². The van der Waals surface area contributed by atoms with Crippen molar-refractivity contribution >= 4 is 17.3 Å². The standard InChI is InChI=1S/C21H24FN3O2/c22-18-6-2-4-8-20(18)23-9-11-25(12-10-23)21(26)17-5-1-3-7-19(17)24-13-15-27-16-14-24/h1-8H,9-16H2. The molecule has 6 heteroatoms. The van der Waals surface area contributed by atoms with Crippen LogP contribution in [0.3, 0.4) is 0 Å². The zero-order chi connectivity index (χ0) is 18.6. The molecule has 2 fully saturated rings. The van der Waals surface area contributed by atoms with Gasteiger partial charge in [-0.05, 0) is 24.3 Å². The fourth-order valence-electron chi connectivity index (χ4n) is 3.76. The zero-order valence-electron chi connectivity index (χ0n) is 15.3. The van der Waals surface area contributed by atoms with Gasteiger partial charge >= 0.3 is 0 Å². The molecule has 0 spiro atoms. The molecule has 4 rings (SSSR count). The average molecular weight is 369 g/mol. The zero-order valence-corrected chi connectivity index (χ0v) is 15.3. The molecule has 0 N–H and O–H groups in total. The Morgan fingerprint density at radius 1 is 0.778 bits per heavy atom. The van der Waals surface area contributed by atoms with Crippen molar-refractivity contribution in [3.63, 3.8) is 0 Å². The molecule has 0 bridgehead atoms. The largest absolute Gasteiger partial charge is 0.378 e. The summed E-state index contributed by atoms with van der Waals surface area (Å²) in [5.41, 5.74) is 2.32. The van der Waals surface area contributed by atoms with E-state index in [0.29, 0.717) is 45.1 Å². The Morgan fingerprint density at radius 3 is 2.07 bits per heavy atom. The van der Waals surface area contributed by atoms with E-state index in [9.17, 15) is 9.18 Å². The maximum absolute atomic E-state index is 14.0. The predicted molar refractivity (Wildman–Crippen MR) is 104 cm³/mol. The van der Waals surface area contributed by atoms with Crippen LogP contribution in [-0.2, 0) is 4.74 Å². The molecule has 5 nitrogen and oxygen atoms in total. The van der Waals surface area contributed by atoms with Gasteiger partial charge in [-0.25, -0.2) is 4.39 Å². The summed E-state index contributed by atoms with van der Waals surface area (Å²) < 4.78 is 19.4. The summed E-state index contributed by atoms with van der Waals surface area (Å²) in [7, 11) is 0. The van der Waals surface area contributed by atoms with Crippen molar-refractivity contribution in [2.75, 3.05) is 62.3 Å². The summed E-state index contributed by atoms with van der Waals surface area (Å²) in [6.45, 7) is 5.40. The highest BCUT2D eigenvalue weighted by atomic mass is 19.1. The number of para-hydroxylation sites is 2. The molecular formula is C21H24FN3O2. The second-order valence-electron chi connectivity index (χ2n) is 6.85. The van der Waals surface area contributed by atoms with E-state index < -0.39 is 0 Å². The lowest BCUT2D eigenvalue weighted by Crippen LogP contribution is -2.49. The van der Waals surface area contributed by atoms with Crippen molar-refractivity contribution < 1.29 is 13.9 Å². The van der Waals surface area contributed by atoms with E-state index >= 15 is 0 Å². The lowest BCUT2D eigenvalue weighted by atomic mass is 10.1. The highest BCUT2D eigenvalue weighted by Crippen LogP contribution is 2.25. The van der Waals surface area contributed by atoms with Crippen LogP contribution >= 0.6 is 0 Å². The molecule has 2 aromatic rings. The number of benzene rings is 2. The second kappa shape index (κ2) is 7.96. The lowest BCUT2D eigenvalue weighted by Gasteiger charge is -2.37. The quantitative estimate of drug-likeness (QED) is 0.833. The van der Waals surface area contributed by atoms with Gasteiger partial charge in [-0.1, -0.05) is 24.3 Å². The minimum absolute atomic E-state index is 0.0466. The van der Waals surface area contributed by atoms with Crippen molar-refractivity contribution in [2.45, 2.75) is 0 Å². The minimum atomic E-state index is -0.213. The molecule has 0 unspecified atom stereocenters. The number of morpholine rings is 1. The fraction of sp³-hybridized carbons (Fsp3) is 0.381. The number of hydrogen-bond acceptors (Lipinski definition) is 4. The molecule has 142 valence electrons. The van der Waals surface area contributed by atoms with Crippen LogP contribution in [0, 0.1) is 5.82 Å². The van der Waals surface area contributed by atoms with E-state index in [0.717, 1.165) is 24.3 Å². The van der Waals surface area contributed by atoms with Gasteiger partial charge < -0.3 is 19.4 Å². The molecule has 2 saturated heterocycles. The first kappa shape index (κ1) is 17.8. The smallest absolute Gasteiger partial charge is 0.256 e. The van der Waals surface area contributed by atoms with E-state index in [1.54, 1.807) is 12.1 Å². The van der Waals surface area contributed by atoms with Gasteiger partial charge in [0.15, 0.2) is 0 Å². The number of hydrogen-bond donors (Lipinski definition) is 0. The highest BCUT2D eigenvalue weighted by molar-refractivity contribution is 6.00. The highest BCUT2D eigenvalue weighted by Gasteiger charge is 2.26. The minimum Gasteiger partial charge on any atom is -0.378 e. The normalized spacial score (nSPS) is 17.9. The molecule has 2 aliphatic heterocycles. The van der Waals surface area contributed by atoms with Crippen LogP contribution in [0.4, 0.5) is 15.8 Å². The molecule has 2 heterocycles. The van der Waals surface area contributed by atoms with Crippen LogP contribution in [0.1, 0.15) is 10.4 Å². The van der Waals surface area contributed by atoms with Crippen molar-refractivity contribution in [3.8, 4) is 0 Å². The summed E-state index contributed by atoms with van der Waals surface area (Å²) in [6.07, 6.45) is 0. The number of anilines is 2. The van der Waals surface area contributed by atoms with E-state index in [1.165, 1.54) is 6.07 Å². The number of piperazine rings is 1. The van der Waals surface area contributed by atoms with Gasteiger partial charge in [0.25, 0.3) is 5.91 Å². The number of ether oxygens (including phenoxy) is 1. The molecule has 0 aromatic heterocycles. The monoisotopic (exact) mass is 369 g/mol. The van der Waals surface area contributed by atoms with E-state index in [-0.39, 0.29) is 11.7 Å². The predicted octanol–water partition coefficient (Wildman–Crippen LogP) is 2.62. The van der Waals surface area contributed by atoms with E-state index in [2.05, 4.69) is 4.90 Å². The van der Waals surface area contributed by atoms with Crippen molar-refractivity contribution in [1.82, 2.24) is 4.90 Å². The van der Waals surface area contributed by atoms with Gasteiger partial charge in [-0.3, -0.25) is 4.79 Å². The third-order valence-electron chi connectivity index (χ3n) is 5.25. The van der Waals surface area contributed by atoms with Crippen molar-refractivity contribution in [3.05, 3.63) is 59.9 Å². The molecule has 0 atom stereocenters. The van der Waals surface area contributed by atoms with Gasteiger partial charge in [0.2, 0.25) is 0 Å². The van der Waals surface area contributed by atoms with Crippen LogP contribution in [-0.4, -0.2) is 63.3 Å². The van der Waals surface area contributed by atoms with Gasteiger partial charge in [0, 0.05) is 45.0 Å². The lowest BCUT2D eigenvalue weighted by molar-refractivity contribution is 0.0746. The Morgan fingerprint density at radius 2 is 1.37 bits per heavy atom. The van der Waals surface area contributed by atoms with Crippen molar-refractivity contribution in [1.29, 1.82) is 0 Å². The van der Waals surface area contributed by atoms with Gasteiger partial charge in [-0.2, -0.15) is 0 Å². The molecule has 0 saturated carbocycles. The molecule has 0 aliphatic carbocycles. The Balaban J connectivity index is 1.46. The SMILES string of the molecule is O=C(c1ccccc1N1CCOCC1)N1CCN(c2ccccc2F)CC1. The third-order valence-corrected chi connectivity index (χ3v) is 5.25. The number of nitrogens with zero attached hydrogens (tertiary/aromatic N) is 3. The number of carbonyl (C=O) groups is 1. The maximum atomic E-state index is 14.0. The Labute approximate surface area is 158 Å². The Bertz CT molecular complexity index is 800. The van der Waals surface area contributed by atoms with Crippen LogP contribution in [0.15, 0.2) is 48.5 Å². The first-order valence-corrected chi connectivity index (χ1v) is 9.44. The second-order valence-corrected chi connectivity index (χ2v) is 6.85. The summed E-state index contributed by atoms with van der Waals surface area (Å²) in [5.74, 6) is -0.166. The molecule has 2 aromatic carbocycles. The van der Waals surface area contributed by atoms with E-state index in [1.807, 2.05) is 40.1 Å². The summed E-state index contributed by atoms with van der Waals surface area (Å²) >= 11 is 0.